The second-order valence-electron chi connectivity index (χ2n) is 10.1. The van der Waals surface area contributed by atoms with E-state index in [-0.39, 0.29) is 5.91 Å². The monoisotopic (exact) mass is 465 g/mol. The summed E-state index contributed by atoms with van der Waals surface area (Å²) in [5.74, 6) is 1.63. The summed E-state index contributed by atoms with van der Waals surface area (Å²) in [6.07, 6.45) is 7.37. The van der Waals surface area contributed by atoms with Gasteiger partial charge < -0.3 is 9.64 Å². The van der Waals surface area contributed by atoms with Crippen molar-refractivity contribution in [3.63, 3.8) is 0 Å². The van der Waals surface area contributed by atoms with E-state index in [1.165, 1.54) is 10.9 Å². The van der Waals surface area contributed by atoms with Crippen LogP contribution in [0.2, 0.25) is 0 Å². The summed E-state index contributed by atoms with van der Waals surface area (Å²) in [7, 11) is 1.68. The number of ether oxygens (including phenoxy) is 1. The van der Waals surface area contributed by atoms with Crippen LogP contribution >= 0.6 is 0 Å². The molecule has 3 aromatic carbocycles. The van der Waals surface area contributed by atoms with Crippen molar-refractivity contribution >= 4 is 16.8 Å². The molecule has 1 N–H and O–H groups in total. The second kappa shape index (κ2) is 8.88. The highest BCUT2D eigenvalue weighted by atomic mass is 16.5. The molecule has 0 unspecified atom stereocenters. The first-order valence-electron chi connectivity index (χ1n) is 12.6. The molecule has 6 rings (SSSR count). The molecular weight excluding hydrogens is 434 g/mol. The smallest absolute Gasteiger partial charge is 0.254 e. The number of carbonyl (C=O) groups is 1. The van der Waals surface area contributed by atoms with E-state index in [1.807, 2.05) is 30.5 Å². The van der Waals surface area contributed by atoms with Gasteiger partial charge >= 0.3 is 0 Å². The van der Waals surface area contributed by atoms with Crippen LogP contribution in [-0.4, -0.2) is 40.2 Å². The van der Waals surface area contributed by atoms with Gasteiger partial charge in [0.1, 0.15) is 5.75 Å². The number of piperidine rings is 1. The number of benzene rings is 3. The highest BCUT2D eigenvalue weighted by molar-refractivity contribution is 5.98. The predicted molar refractivity (Wildman–Crippen MR) is 139 cm³/mol. The zero-order valence-corrected chi connectivity index (χ0v) is 20.3. The number of nitrogens with zero attached hydrogens (tertiary/aromatic N) is 2. The summed E-state index contributed by atoms with van der Waals surface area (Å²) < 4.78 is 5.30. The molecule has 0 saturated carbocycles. The zero-order valence-electron chi connectivity index (χ0n) is 20.3. The molecule has 35 heavy (non-hydrogen) atoms. The summed E-state index contributed by atoms with van der Waals surface area (Å²) in [5.41, 5.74) is 6.56. The molecule has 0 aliphatic carbocycles. The molecular formula is C30H31N3O2. The molecule has 2 fully saturated rings. The van der Waals surface area contributed by atoms with Crippen molar-refractivity contribution in [2.45, 2.75) is 51.1 Å². The second-order valence-corrected chi connectivity index (χ2v) is 10.1. The molecule has 3 heterocycles. The van der Waals surface area contributed by atoms with Crippen LogP contribution < -0.4 is 4.74 Å². The summed E-state index contributed by atoms with van der Waals surface area (Å²) in [6.45, 7) is 2.08. The molecule has 2 aliphatic heterocycles. The Kier molecular flexibility index (Phi) is 5.56. The van der Waals surface area contributed by atoms with Crippen LogP contribution in [0.1, 0.15) is 47.2 Å². The van der Waals surface area contributed by atoms with Crippen LogP contribution in [0.15, 0.2) is 66.9 Å². The SMILES string of the molecule is COc1ccc(-c2cccc(C(=O)N3[C@H]4CC[C@H]3CC(Cc3cccc5[nH]ncc35)C4)c2C)cc1. The van der Waals surface area contributed by atoms with Crippen molar-refractivity contribution in [1.29, 1.82) is 0 Å². The molecule has 0 radical (unpaired) electrons. The summed E-state index contributed by atoms with van der Waals surface area (Å²) in [6, 6.07) is 21.3. The third-order valence-corrected chi connectivity index (χ3v) is 8.11. The van der Waals surface area contributed by atoms with Gasteiger partial charge in [0.15, 0.2) is 0 Å². The Morgan fingerprint density at radius 2 is 1.77 bits per heavy atom. The maximum absolute atomic E-state index is 13.9. The van der Waals surface area contributed by atoms with Gasteiger partial charge in [-0.05, 0) is 91.5 Å². The van der Waals surface area contributed by atoms with Crippen molar-refractivity contribution in [3.05, 3.63) is 83.6 Å². The van der Waals surface area contributed by atoms with Crippen molar-refractivity contribution in [3.8, 4) is 16.9 Å². The van der Waals surface area contributed by atoms with E-state index >= 15 is 0 Å². The minimum atomic E-state index is 0.195. The first-order valence-corrected chi connectivity index (χ1v) is 12.6. The fourth-order valence-corrected chi connectivity index (χ4v) is 6.40. The van der Waals surface area contributed by atoms with Gasteiger partial charge in [-0.25, -0.2) is 0 Å². The number of H-pyrrole nitrogens is 1. The lowest BCUT2D eigenvalue weighted by Gasteiger charge is -2.39. The van der Waals surface area contributed by atoms with Crippen LogP contribution in [0.5, 0.6) is 5.75 Å². The van der Waals surface area contributed by atoms with Gasteiger partial charge in [-0.1, -0.05) is 36.4 Å². The summed E-state index contributed by atoms with van der Waals surface area (Å²) >= 11 is 0. The van der Waals surface area contributed by atoms with Gasteiger partial charge in [-0.3, -0.25) is 9.89 Å². The van der Waals surface area contributed by atoms with Crippen LogP contribution in [0.3, 0.4) is 0 Å². The van der Waals surface area contributed by atoms with Gasteiger partial charge in [-0.15, -0.1) is 0 Å². The van der Waals surface area contributed by atoms with Crippen LogP contribution in [0.4, 0.5) is 0 Å². The molecule has 1 aromatic heterocycles. The molecule has 2 aliphatic rings. The van der Waals surface area contributed by atoms with Crippen molar-refractivity contribution in [2.24, 2.45) is 5.92 Å². The number of hydrogen-bond donors (Lipinski definition) is 1. The average molecular weight is 466 g/mol. The van der Waals surface area contributed by atoms with Gasteiger partial charge in [0.2, 0.25) is 0 Å². The number of aromatic nitrogens is 2. The Morgan fingerprint density at radius 3 is 2.51 bits per heavy atom. The normalized spacial score (nSPS) is 21.4. The predicted octanol–water partition coefficient (Wildman–Crippen LogP) is 6.17. The first-order chi connectivity index (χ1) is 17.1. The van der Waals surface area contributed by atoms with E-state index in [9.17, 15) is 4.79 Å². The number of rotatable bonds is 5. The Bertz CT molecular complexity index is 1360. The first kappa shape index (κ1) is 21.9. The van der Waals surface area contributed by atoms with E-state index in [4.69, 9.17) is 4.74 Å². The van der Waals surface area contributed by atoms with Crippen LogP contribution in [-0.2, 0) is 6.42 Å². The largest absolute Gasteiger partial charge is 0.497 e. The molecule has 4 aromatic rings. The number of fused-ring (bicyclic) bond motifs is 3. The standard InChI is InChI=1S/C30H31N3O2/c1-19-26(21-9-13-25(35-2)14-10-21)6-4-7-27(19)30(34)33-23-11-12-24(33)17-20(16-23)15-22-5-3-8-29-28(22)18-31-32-29/h3-10,13-14,18,20,23-24H,11-12,15-17H2,1-2H3,(H,31,32)/t23-,24-/m0/s1. The molecule has 2 atom stereocenters. The Labute approximate surface area is 206 Å². The number of hydrogen-bond acceptors (Lipinski definition) is 3. The quantitative estimate of drug-likeness (QED) is 0.383. The Morgan fingerprint density at radius 1 is 1.03 bits per heavy atom. The number of nitrogens with one attached hydrogen (secondary N) is 1. The van der Waals surface area contributed by atoms with Crippen molar-refractivity contribution < 1.29 is 9.53 Å². The molecule has 2 bridgehead atoms. The number of aromatic amines is 1. The van der Waals surface area contributed by atoms with E-state index in [2.05, 4.69) is 58.4 Å². The highest BCUT2D eigenvalue weighted by Gasteiger charge is 2.43. The van der Waals surface area contributed by atoms with Crippen LogP contribution in [0, 0.1) is 12.8 Å². The lowest BCUT2D eigenvalue weighted by atomic mass is 9.84. The van der Waals surface area contributed by atoms with Crippen molar-refractivity contribution in [1.82, 2.24) is 15.1 Å². The minimum absolute atomic E-state index is 0.195. The van der Waals surface area contributed by atoms with E-state index in [0.29, 0.717) is 18.0 Å². The number of carbonyl (C=O) groups excluding carboxylic acids is 1. The zero-order chi connectivity index (χ0) is 23.9. The fourth-order valence-electron chi connectivity index (χ4n) is 6.40. The fraction of sp³-hybridized carbons (Fsp3) is 0.333. The molecule has 178 valence electrons. The lowest BCUT2D eigenvalue weighted by Crippen LogP contribution is -2.47. The summed E-state index contributed by atoms with van der Waals surface area (Å²) in [4.78, 5) is 16.1. The minimum Gasteiger partial charge on any atom is -0.497 e. The van der Waals surface area contributed by atoms with Gasteiger partial charge in [0, 0.05) is 23.0 Å². The maximum atomic E-state index is 13.9. The molecule has 1 amide bonds. The summed E-state index contributed by atoms with van der Waals surface area (Å²) in [5, 5.41) is 8.54. The lowest BCUT2D eigenvalue weighted by molar-refractivity contribution is 0.0524. The number of methoxy groups -OCH3 is 1. The van der Waals surface area contributed by atoms with Crippen LogP contribution in [0.25, 0.3) is 22.0 Å². The van der Waals surface area contributed by atoms with E-state index < -0.39 is 0 Å². The number of amides is 1. The van der Waals surface area contributed by atoms with Gasteiger partial charge in [0.05, 0.1) is 18.8 Å². The Hall–Kier alpha value is -3.60. The highest BCUT2D eigenvalue weighted by Crippen LogP contribution is 2.42. The molecule has 0 spiro atoms. The van der Waals surface area contributed by atoms with Gasteiger partial charge in [-0.2, -0.15) is 5.10 Å². The Balaban J connectivity index is 1.22. The maximum Gasteiger partial charge on any atom is 0.254 e. The third kappa shape index (κ3) is 3.89. The van der Waals surface area contributed by atoms with E-state index in [1.54, 1.807) is 7.11 Å². The third-order valence-electron chi connectivity index (χ3n) is 8.11. The topological polar surface area (TPSA) is 58.2 Å². The molecule has 5 heteroatoms. The average Bonchev–Trinajstić information content (AvgIpc) is 3.47. The molecule has 2 saturated heterocycles. The molecule has 5 nitrogen and oxygen atoms in total. The van der Waals surface area contributed by atoms with E-state index in [0.717, 1.165) is 65.6 Å². The van der Waals surface area contributed by atoms with Gasteiger partial charge in [0.25, 0.3) is 5.91 Å². The van der Waals surface area contributed by atoms with Crippen molar-refractivity contribution in [2.75, 3.05) is 7.11 Å².